The number of carbonyl (C=O) groups is 7. The van der Waals surface area contributed by atoms with Crippen molar-refractivity contribution in [2.24, 2.45) is 5.92 Å². The van der Waals surface area contributed by atoms with E-state index in [1.807, 2.05) is 0 Å². The third kappa shape index (κ3) is 14.6. The maximum absolute atomic E-state index is 13.9. The number of aromatic hydroxyl groups is 2. The molecule has 1 heterocycles. The summed E-state index contributed by atoms with van der Waals surface area (Å²) in [7, 11) is 2.60. The molecule has 20 nitrogen and oxygen atoms in total. The molecule has 0 radical (unpaired) electrons. The van der Waals surface area contributed by atoms with E-state index in [4.69, 9.17) is 0 Å². The molecule has 6 atom stereocenters. The first-order valence-electron chi connectivity index (χ1n) is 21.1. The minimum Gasteiger partial charge on any atom is -0.595 e. The summed E-state index contributed by atoms with van der Waals surface area (Å²) in [6, 6.07) is -1.24. The zero-order valence-electron chi connectivity index (χ0n) is 36.7. The molecule has 2 aromatic carbocycles. The van der Waals surface area contributed by atoms with Crippen LogP contribution in [0.1, 0.15) is 103 Å². The van der Waals surface area contributed by atoms with Gasteiger partial charge in [-0.2, -0.15) is 5.23 Å². The Balaban J connectivity index is 1.74. The van der Waals surface area contributed by atoms with Crippen molar-refractivity contribution < 1.29 is 64.4 Å². The molecule has 0 fully saturated rings. The van der Waals surface area contributed by atoms with E-state index in [0.717, 1.165) is 47.6 Å². The average Bonchev–Trinajstić information content (AvgIpc) is 3.22. The summed E-state index contributed by atoms with van der Waals surface area (Å²) in [6.07, 6.45) is 8.04. The SMILES string of the molecule is CC(C)CCCCCCCCCC(=O)N(C)[C@H](CO)C(=O)N[C@H](C)C(=O)NCC(=O)N(C)C1C(=O)N[C@@H](C)C(=O)NC(C(=O)O)Cc2cc(c(O)c([NH+]([O-])O)c2)-c2cc1ccc2O. The monoisotopic (exact) mass is 885 g/mol. The molecular formula is C43H63N7O13. The molecular weight excluding hydrogens is 823 g/mol. The first kappa shape index (κ1) is 51.5. The molecule has 3 rings (SSSR count). The van der Waals surface area contributed by atoms with Gasteiger partial charge in [-0.3, -0.25) is 28.8 Å². The standard InChI is InChI=1S/C43H63N7O13/c1-24(2)14-12-10-8-7-9-11-13-15-35(53)48(5)33(23-51)41(58)45-25(3)39(56)44-22-36(54)49(6)37-28-16-17-34(52)29(21-28)30-18-27(20-32(38(30)55)50(62)63)19-31(43(60)61)47-40(57)26(4)46-42(37)59/h16-18,20-21,24-26,31,33,37,50-52,55,62H,7-15,19,22-23H2,1-6H3,(H,44,56)(H,45,58)(H,46,59)(H,47,57)(H,60,61)/t25-,26+,31?,33-,37?/m1/s1. The topological polar surface area (TPSA) is 303 Å². The third-order valence-electron chi connectivity index (χ3n) is 11.0. The number of amides is 6. The van der Waals surface area contributed by atoms with Gasteiger partial charge in [0.15, 0.2) is 5.75 Å². The van der Waals surface area contributed by atoms with E-state index in [0.29, 0.717) is 12.3 Å². The number of phenolic OH excluding ortho intramolecular Hbond substituents is 2. The predicted molar refractivity (Wildman–Crippen MR) is 228 cm³/mol. The average molecular weight is 886 g/mol. The smallest absolute Gasteiger partial charge is 0.326 e. The molecule has 63 heavy (non-hydrogen) atoms. The van der Waals surface area contributed by atoms with Gasteiger partial charge >= 0.3 is 5.97 Å². The Morgan fingerprint density at radius 1 is 0.873 bits per heavy atom. The van der Waals surface area contributed by atoms with Gasteiger partial charge in [-0.25, -0.2) is 10.0 Å². The summed E-state index contributed by atoms with van der Waals surface area (Å²) < 4.78 is 0. The summed E-state index contributed by atoms with van der Waals surface area (Å²) in [5, 5.41) is 71.8. The lowest BCUT2D eigenvalue weighted by Crippen LogP contribution is -2.99. The number of hydrogen-bond acceptors (Lipinski definition) is 12. The Hall–Kier alpha value is -5.83. The zero-order valence-corrected chi connectivity index (χ0v) is 36.7. The van der Waals surface area contributed by atoms with Crippen LogP contribution in [-0.4, -0.2) is 128 Å². The van der Waals surface area contributed by atoms with E-state index in [1.165, 1.54) is 65.4 Å². The number of nitrogens with zero attached hydrogens (tertiary/aromatic N) is 2. The summed E-state index contributed by atoms with van der Waals surface area (Å²) in [5.74, 6) is -6.79. The van der Waals surface area contributed by atoms with Crippen LogP contribution in [0.3, 0.4) is 0 Å². The van der Waals surface area contributed by atoms with Crippen molar-refractivity contribution in [1.82, 2.24) is 31.1 Å². The number of benzene rings is 2. The van der Waals surface area contributed by atoms with E-state index in [-0.39, 0.29) is 34.6 Å². The number of aliphatic hydroxyl groups is 1. The van der Waals surface area contributed by atoms with Gasteiger partial charge in [-0.1, -0.05) is 64.9 Å². The highest BCUT2D eigenvalue weighted by Crippen LogP contribution is 2.41. The molecule has 0 aliphatic carbocycles. The van der Waals surface area contributed by atoms with Gasteiger partial charge in [0.2, 0.25) is 41.1 Å². The first-order chi connectivity index (χ1) is 29.7. The number of phenols is 2. The Kier molecular flexibility index (Phi) is 19.7. The van der Waals surface area contributed by atoms with E-state index in [9.17, 15) is 64.4 Å². The number of nitrogens with one attached hydrogen (secondary N) is 5. The number of aliphatic carboxylic acids is 1. The molecule has 348 valence electrons. The maximum atomic E-state index is 13.9. The lowest BCUT2D eigenvalue weighted by atomic mass is 9.93. The molecule has 0 saturated carbocycles. The van der Waals surface area contributed by atoms with E-state index < -0.39 is 108 Å². The number of fused-ring (bicyclic) bond motifs is 5. The molecule has 10 N–H and O–H groups in total. The summed E-state index contributed by atoms with van der Waals surface area (Å²) in [4.78, 5) is 94.0. The highest BCUT2D eigenvalue weighted by atomic mass is 16.8. The van der Waals surface area contributed by atoms with Crippen LogP contribution >= 0.6 is 0 Å². The molecule has 1 aliphatic heterocycles. The minimum atomic E-state index is -1.62. The van der Waals surface area contributed by atoms with Crippen molar-refractivity contribution in [3.63, 3.8) is 0 Å². The van der Waals surface area contributed by atoms with Crippen LogP contribution in [0.4, 0.5) is 5.69 Å². The Labute approximate surface area is 366 Å². The van der Waals surface area contributed by atoms with Crippen molar-refractivity contribution in [2.75, 3.05) is 27.2 Å². The van der Waals surface area contributed by atoms with Crippen LogP contribution in [0, 0.1) is 11.1 Å². The number of carbonyl (C=O) groups excluding carboxylic acids is 6. The first-order valence-corrected chi connectivity index (χ1v) is 21.1. The molecule has 20 heteroatoms. The molecule has 2 aromatic rings. The van der Waals surface area contributed by atoms with Gasteiger partial charge in [0.05, 0.1) is 13.2 Å². The molecule has 3 unspecified atom stereocenters. The van der Waals surface area contributed by atoms with Gasteiger partial charge in [-0.05, 0) is 55.5 Å². The summed E-state index contributed by atoms with van der Waals surface area (Å²) in [6.45, 7) is 5.58. The van der Waals surface area contributed by atoms with Crippen molar-refractivity contribution in [2.45, 2.75) is 122 Å². The highest BCUT2D eigenvalue weighted by molar-refractivity contribution is 5.96. The Bertz CT molecular complexity index is 1960. The minimum absolute atomic E-state index is 0.0131. The van der Waals surface area contributed by atoms with Crippen LogP contribution in [0.5, 0.6) is 11.5 Å². The summed E-state index contributed by atoms with van der Waals surface area (Å²) >= 11 is 0. The molecule has 4 bridgehead atoms. The highest BCUT2D eigenvalue weighted by Gasteiger charge is 2.34. The number of hydrogen-bond donors (Lipinski definition) is 10. The Morgan fingerprint density at radius 3 is 2.11 bits per heavy atom. The second kappa shape index (κ2) is 24.1. The van der Waals surface area contributed by atoms with Gasteiger partial charge in [0.25, 0.3) is 0 Å². The van der Waals surface area contributed by atoms with Gasteiger partial charge in [0.1, 0.15) is 36.0 Å². The fraction of sp³-hybridized carbons (Fsp3) is 0.558. The van der Waals surface area contributed by atoms with E-state index in [2.05, 4.69) is 35.1 Å². The van der Waals surface area contributed by atoms with E-state index in [1.54, 1.807) is 0 Å². The van der Waals surface area contributed by atoms with Crippen LogP contribution in [0.25, 0.3) is 11.1 Å². The number of unbranched alkanes of at least 4 members (excludes halogenated alkanes) is 6. The second-order valence-electron chi connectivity index (χ2n) is 16.4. The van der Waals surface area contributed by atoms with Gasteiger partial charge < -0.3 is 56.7 Å². The molecule has 0 saturated heterocycles. The molecule has 0 spiro atoms. The summed E-state index contributed by atoms with van der Waals surface area (Å²) in [5.41, 5.74) is -1.01. The van der Waals surface area contributed by atoms with Crippen molar-refractivity contribution >= 4 is 47.1 Å². The normalized spacial score (nSPS) is 17.9. The van der Waals surface area contributed by atoms with Gasteiger partial charge in [0, 0.05) is 44.1 Å². The molecule has 1 aliphatic rings. The number of aliphatic hydroxyl groups excluding tert-OH is 1. The number of carboxylic acid groups (broad SMARTS) is 1. The van der Waals surface area contributed by atoms with Gasteiger partial charge in [-0.15, -0.1) is 0 Å². The van der Waals surface area contributed by atoms with Crippen LogP contribution in [0.2, 0.25) is 0 Å². The van der Waals surface area contributed by atoms with Crippen LogP contribution in [0.15, 0.2) is 30.3 Å². The lowest BCUT2D eigenvalue weighted by Gasteiger charge is -2.30. The largest absolute Gasteiger partial charge is 0.595 e. The molecule has 0 aromatic heterocycles. The second-order valence-corrected chi connectivity index (χ2v) is 16.4. The lowest BCUT2D eigenvalue weighted by molar-refractivity contribution is -0.991. The maximum Gasteiger partial charge on any atom is 0.326 e. The van der Waals surface area contributed by atoms with Crippen LogP contribution < -0.4 is 26.5 Å². The number of rotatable bonds is 20. The molecule has 6 amide bonds. The fourth-order valence-electron chi connectivity index (χ4n) is 7.16. The number of quaternary nitrogens is 1. The van der Waals surface area contributed by atoms with Crippen LogP contribution in [-0.2, 0) is 40.0 Å². The Morgan fingerprint density at radius 2 is 1.51 bits per heavy atom. The predicted octanol–water partition coefficient (Wildman–Crippen LogP) is 0.905. The van der Waals surface area contributed by atoms with E-state index >= 15 is 0 Å². The van der Waals surface area contributed by atoms with Crippen molar-refractivity contribution in [1.29, 1.82) is 0 Å². The fourth-order valence-corrected chi connectivity index (χ4v) is 7.16. The number of likely N-dealkylation sites (N-methyl/N-ethyl adjacent to an activating group) is 2. The number of carboxylic acids is 1. The van der Waals surface area contributed by atoms with Crippen molar-refractivity contribution in [3.8, 4) is 22.6 Å². The quantitative estimate of drug-likeness (QED) is 0.0503. The van der Waals surface area contributed by atoms with Crippen molar-refractivity contribution in [3.05, 3.63) is 46.7 Å². The zero-order chi connectivity index (χ0) is 47.1. The third-order valence-corrected chi connectivity index (χ3v) is 11.0.